The van der Waals surface area contributed by atoms with Gasteiger partial charge in [0.15, 0.2) is 5.82 Å². The first-order valence-corrected chi connectivity index (χ1v) is 22.7. The lowest BCUT2D eigenvalue weighted by Gasteiger charge is -2.24. The van der Waals surface area contributed by atoms with Crippen LogP contribution in [0, 0.1) is 38.3 Å². The molecule has 2 N–H and O–H groups in total. The minimum absolute atomic E-state index is 0.0710. The van der Waals surface area contributed by atoms with Gasteiger partial charge in [0.2, 0.25) is 15.9 Å². The van der Waals surface area contributed by atoms with Crippen LogP contribution in [0.15, 0.2) is 53.3 Å². The number of alkyl halides is 7. The number of nitrogens with zero attached hydrogens (tertiary/aromatic N) is 8. The fraction of sp³-hybridized carbons (Fsp3) is 0.326. The molecule has 4 heterocycles. The molecule has 25 heteroatoms. The highest BCUT2D eigenvalue weighted by Gasteiger charge is 2.67. The quantitative estimate of drug-likeness (QED) is 0.114. The number of rotatable bonds is 12. The summed E-state index contributed by atoms with van der Waals surface area (Å²) >= 11 is 6.54. The van der Waals surface area contributed by atoms with Gasteiger partial charge in [0, 0.05) is 35.2 Å². The molecule has 0 aliphatic heterocycles. The van der Waals surface area contributed by atoms with Crippen molar-refractivity contribution in [1.82, 2.24) is 44.4 Å². The Morgan fingerprint density at radius 1 is 0.971 bits per heavy atom. The Morgan fingerprint density at radius 3 is 2.34 bits per heavy atom. The summed E-state index contributed by atoms with van der Waals surface area (Å²) in [5, 5.41) is 9.20. The molecule has 356 valence electrons. The van der Waals surface area contributed by atoms with E-state index in [2.05, 4.69) is 25.5 Å². The molecular formula is C43H34ClF9N10O4S. The Kier molecular flexibility index (Phi) is 11.2. The lowest BCUT2D eigenvalue weighted by molar-refractivity contribution is -0.141. The van der Waals surface area contributed by atoms with Gasteiger partial charge in [-0.05, 0) is 80.6 Å². The van der Waals surface area contributed by atoms with Gasteiger partial charge >= 0.3 is 6.18 Å². The van der Waals surface area contributed by atoms with Crippen LogP contribution in [0.5, 0.6) is 0 Å². The van der Waals surface area contributed by atoms with E-state index in [0.29, 0.717) is 50.0 Å². The van der Waals surface area contributed by atoms with E-state index in [1.54, 1.807) is 20.8 Å². The van der Waals surface area contributed by atoms with E-state index in [1.807, 2.05) is 4.72 Å². The molecule has 3 atom stereocenters. The summed E-state index contributed by atoms with van der Waals surface area (Å²) in [7, 11) is -4.24. The number of hydrogen-bond donors (Lipinski definition) is 2. The van der Waals surface area contributed by atoms with E-state index in [-0.39, 0.29) is 33.5 Å². The Bertz CT molecular complexity index is 3430. The van der Waals surface area contributed by atoms with Crippen molar-refractivity contribution >= 4 is 55.2 Å². The molecule has 1 fully saturated rings. The highest BCUT2D eigenvalue weighted by molar-refractivity contribution is 7.92. The fourth-order valence-corrected chi connectivity index (χ4v) is 9.70. The van der Waals surface area contributed by atoms with Crippen molar-refractivity contribution in [3.8, 4) is 16.9 Å². The molecule has 1 amide bonds. The molecule has 2 aliphatic rings. The highest BCUT2D eigenvalue weighted by Crippen LogP contribution is 2.68. The summed E-state index contributed by atoms with van der Waals surface area (Å²) in [5.74, 6) is -10.0. The van der Waals surface area contributed by atoms with E-state index >= 15 is 13.6 Å². The third kappa shape index (κ3) is 8.40. The lowest BCUT2D eigenvalue weighted by atomic mass is 10.0. The number of halogens is 10. The second-order valence-corrected chi connectivity index (χ2v) is 18.9. The first-order chi connectivity index (χ1) is 31.8. The third-order valence-corrected chi connectivity index (χ3v) is 12.7. The topological polar surface area (TPSA) is 172 Å². The summed E-state index contributed by atoms with van der Waals surface area (Å²) in [5.41, 5.74) is -2.42. The van der Waals surface area contributed by atoms with Crippen molar-refractivity contribution in [2.24, 2.45) is 5.92 Å². The molecule has 0 unspecified atom stereocenters. The summed E-state index contributed by atoms with van der Waals surface area (Å²) in [6.45, 7) is 2.16. The molecule has 1 saturated carbocycles. The zero-order chi connectivity index (χ0) is 49.1. The molecule has 7 aromatic rings. The van der Waals surface area contributed by atoms with Gasteiger partial charge in [-0.1, -0.05) is 17.7 Å². The van der Waals surface area contributed by atoms with Gasteiger partial charge in [0.05, 0.1) is 50.5 Å². The number of nitrogens with one attached hydrogen (secondary N) is 2. The zero-order valence-electron chi connectivity index (χ0n) is 35.7. The van der Waals surface area contributed by atoms with Crippen LogP contribution in [-0.2, 0) is 40.3 Å². The van der Waals surface area contributed by atoms with Crippen molar-refractivity contribution < 1.29 is 52.7 Å². The van der Waals surface area contributed by atoms with Crippen LogP contribution in [0.2, 0.25) is 5.02 Å². The Hall–Kier alpha value is -6.56. The SMILES string of the molecule is Cc1nc(C)c(C)c(-c2ccc3c(=O)n(-c4ccc(Cl)c5c(NS(C)(=O)=O)nn(CC(F)(F)F)c45)c([C@H](Cc4cc(F)cc(F)c4)NC(=O)Cn4nc(C(F)F)c5c4C(F)(F)[C@@H]4C[C@H]54)nc3c2)n1. The zero-order valence-corrected chi connectivity index (χ0v) is 37.2. The summed E-state index contributed by atoms with van der Waals surface area (Å²) in [6.07, 6.45) is -8.32. The average Bonchev–Trinajstić information content (AvgIpc) is 3.75. The molecule has 14 nitrogen and oxygen atoms in total. The molecule has 68 heavy (non-hydrogen) atoms. The molecule has 2 aliphatic carbocycles. The maximum absolute atomic E-state index is 15.6. The summed E-state index contributed by atoms with van der Waals surface area (Å²) < 4.78 is 161. The molecule has 0 saturated heterocycles. The normalized spacial score (nSPS) is 16.9. The van der Waals surface area contributed by atoms with E-state index in [0.717, 1.165) is 28.8 Å². The van der Waals surface area contributed by atoms with Crippen LogP contribution in [-0.4, -0.2) is 65.8 Å². The number of carbonyl (C=O) groups excluding carboxylic acids is 1. The van der Waals surface area contributed by atoms with Crippen LogP contribution in [0.3, 0.4) is 0 Å². The molecule has 0 radical (unpaired) electrons. The first kappa shape index (κ1) is 46.5. The number of fused-ring (bicyclic) bond motifs is 5. The number of sulfonamides is 1. The second kappa shape index (κ2) is 16.3. The van der Waals surface area contributed by atoms with Gasteiger partial charge < -0.3 is 5.32 Å². The van der Waals surface area contributed by atoms with E-state index < -0.39 is 129 Å². The van der Waals surface area contributed by atoms with Crippen molar-refractivity contribution in [3.63, 3.8) is 0 Å². The number of hydrogen-bond acceptors (Lipinski definition) is 9. The molecule has 9 rings (SSSR count). The molecule has 3 aromatic carbocycles. The Morgan fingerprint density at radius 2 is 1.68 bits per heavy atom. The number of amides is 1. The monoisotopic (exact) mass is 992 g/mol. The number of benzene rings is 3. The predicted molar refractivity (Wildman–Crippen MR) is 228 cm³/mol. The van der Waals surface area contributed by atoms with Gasteiger partial charge in [-0.2, -0.15) is 32.1 Å². The molecule has 0 bridgehead atoms. The molecular weight excluding hydrogens is 959 g/mol. The van der Waals surface area contributed by atoms with Gasteiger partial charge in [0.1, 0.15) is 47.8 Å². The van der Waals surface area contributed by atoms with Gasteiger partial charge in [-0.15, -0.1) is 0 Å². The standard InChI is InChI=1S/C43H34ClF9N10O4S/c1-17-18(2)54-19(3)55-34(17)21-5-6-24-28(12-21)57-40(63(41(24)65)30-8-7-27(44)33-36(30)62(16-42(49,50)51)59-39(33)60-68(4,66)67)29(11-20-9-22(45)13-23(46)10-20)56-31(64)15-61-37-32(35(58-61)38(47)48)25-14-26(25)43(37,52)53/h5-10,12-13,25-26,29,38H,11,14-16H2,1-4H3,(H,56,64)(H,59,60)/t25-,26+,29-/m0/s1. The highest BCUT2D eigenvalue weighted by atomic mass is 35.5. The predicted octanol–water partition coefficient (Wildman–Crippen LogP) is 8.43. The van der Waals surface area contributed by atoms with Crippen molar-refractivity contribution in [3.05, 3.63) is 121 Å². The number of carbonyl (C=O) groups is 1. The fourth-order valence-electron chi connectivity index (χ4n) is 8.97. The van der Waals surface area contributed by atoms with Crippen LogP contribution in [0.25, 0.3) is 38.8 Å². The first-order valence-electron chi connectivity index (χ1n) is 20.4. The van der Waals surface area contributed by atoms with Gasteiger partial charge in [0.25, 0.3) is 17.9 Å². The third-order valence-electron chi connectivity index (χ3n) is 11.8. The summed E-state index contributed by atoms with van der Waals surface area (Å²) in [4.78, 5) is 43.1. The maximum atomic E-state index is 15.6. The minimum atomic E-state index is -5.02. The second-order valence-electron chi connectivity index (χ2n) is 16.7. The largest absolute Gasteiger partial charge is 0.408 e. The minimum Gasteiger partial charge on any atom is -0.344 e. The van der Waals surface area contributed by atoms with E-state index in [4.69, 9.17) is 16.6 Å². The lowest BCUT2D eigenvalue weighted by Crippen LogP contribution is -2.38. The molecule has 4 aromatic heterocycles. The van der Waals surface area contributed by atoms with Gasteiger partial charge in [-0.25, -0.2) is 40.9 Å². The van der Waals surface area contributed by atoms with E-state index in [9.17, 15) is 43.9 Å². The number of aryl methyl sites for hydroxylation is 2. The van der Waals surface area contributed by atoms with E-state index in [1.165, 1.54) is 18.2 Å². The smallest absolute Gasteiger partial charge is 0.344 e. The van der Waals surface area contributed by atoms with Gasteiger partial charge in [-0.3, -0.25) is 28.2 Å². The van der Waals surface area contributed by atoms with Crippen molar-refractivity contribution in [2.45, 2.75) is 77.2 Å². The summed E-state index contributed by atoms with van der Waals surface area (Å²) in [6, 6.07) is 7.06. The Labute approximate surface area is 383 Å². The maximum Gasteiger partial charge on any atom is 0.408 e. The average molecular weight is 993 g/mol. The van der Waals surface area contributed by atoms with Crippen LogP contribution in [0.4, 0.5) is 45.3 Å². The molecule has 0 spiro atoms. The Balaban J connectivity index is 1.30. The van der Waals surface area contributed by atoms with Crippen LogP contribution < -0.4 is 15.6 Å². The van der Waals surface area contributed by atoms with Crippen LogP contribution in [0.1, 0.15) is 70.2 Å². The number of aromatic nitrogens is 8. The van der Waals surface area contributed by atoms with Crippen molar-refractivity contribution in [1.29, 1.82) is 0 Å². The van der Waals surface area contributed by atoms with Crippen LogP contribution >= 0.6 is 11.6 Å². The van der Waals surface area contributed by atoms with Crippen molar-refractivity contribution in [2.75, 3.05) is 11.0 Å². The number of anilines is 1.